The van der Waals surface area contributed by atoms with Crippen LogP contribution in [0.3, 0.4) is 0 Å². The molecule has 8 aliphatic rings. The van der Waals surface area contributed by atoms with Gasteiger partial charge in [0.05, 0.1) is 11.0 Å². The lowest BCUT2D eigenvalue weighted by Gasteiger charge is -2.61. The molecule has 1 amide bonds. The first-order chi connectivity index (χ1) is 12.4. The second kappa shape index (κ2) is 5.07. The lowest BCUT2D eigenvalue weighted by atomic mass is 9.47. The molecule has 8 bridgehead atoms. The number of nitrogens with one attached hydrogen (secondary N) is 1. The molecule has 5 atom stereocenters. The highest BCUT2D eigenvalue weighted by molar-refractivity contribution is 5.83. The Labute approximate surface area is 157 Å². The van der Waals surface area contributed by atoms with E-state index in [0.29, 0.717) is 29.2 Å². The number of amides is 1. The molecule has 0 aromatic heterocycles. The molecule has 3 heteroatoms. The zero-order valence-corrected chi connectivity index (χ0v) is 16.3. The first-order valence-corrected chi connectivity index (χ1v) is 11.4. The van der Waals surface area contributed by atoms with Gasteiger partial charge in [-0.2, -0.15) is 0 Å². The molecule has 3 nitrogen and oxygen atoms in total. The van der Waals surface area contributed by atoms with Gasteiger partial charge >= 0.3 is 0 Å². The molecular formula is C23H35NO2. The van der Waals surface area contributed by atoms with E-state index in [4.69, 9.17) is 0 Å². The van der Waals surface area contributed by atoms with E-state index in [1.165, 1.54) is 44.9 Å². The average Bonchev–Trinajstić information content (AvgIpc) is 2.51. The highest BCUT2D eigenvalue weighted by Gasteiger charge is 2.61. The van der Waals surface area contributed by atoms with Gasteiger partial charge in [-0.3, -0.25) is 4.79 Å². The van der Waals surface area contributed by atoms with Crippen LogP contribution in [0, 0.1) is 40.4 Å². The SMILES string of the molecule is C[C@H](NC(=O)C12C[C@@H]3C[C@@H](CC(O)(C3)C1)C2)C12CC3CC(CC(C3)C1)C2. The van der Waals surface area contributed by atoms with E-state index >= 15 is 0 Å². The predicted molar refractivity (Wildman–Crippen MR) is 100 cm³/mol. The number of hydrogen-bond donors (Lipinski definition) is 2. The summed E-state index contributed by atoms with van der Waals surface area (Å²) < 4.78 is 0. The van der Waals surface area contributed by atoms with E-state index in [-0.39, 0.29) is 5.41 Å². The van der Waals surface area contributed by atoms with E-state index < -0.39 is 5.60 Å². The minimum atomic E-state index is -0.536. The lowest BCUT2D eigenvalue weighted by Crippen LogP contribution is -2.63. The van der Waals surface area contributed by atoms with Gasteiger partial charge in [-0.25, -0.2) is 0 Å². The Bertz CT molecular complexity index is 591. The summed E-state index contributed by atoms with van der Waals surface area (Å²) in [7, 11) is 0. The molecule has 144 valence electrons. The summed E-state index contributed by atoms with van der Waals surface area (Å²) in [6, 6.07) is 0.311. The Morgan fingerprint density at radius 1 is 0.846 bits per heavy atom. The van der Waals surface area contributed by atoms with Crippen LogP contribution < -0.4 is 5.32 Å². The van der Waals surface area contributed by atoms with Gasteiger partial charge in [0, 0.05) is 6.04 Å². The Morgan fingerprint density at radius 2 is 1.35 bits per heavy atom. The van der Waals surface area contributed by atoms with Crippen LogP contribution in [0.1, 0.15) is 84.0 Å². The van der Waals surface area contributed by atoms with Crippen LogP contribution in [0.15, 0.2) is 0 Å². The van der Waals surface area contributed by atoms with Crippen molar-refractivity contribution in [1.29, 1.82) is 0 Å². The highest BCUT2D eigenvalue weighted by Crippen LogP contribution is 2.63. The third-order valence-electron chi connectivity index (χ3n) is 9.86. The average molecular weight is 358 g/mol. The quantitative estimate of drug-likeness (QED) is 0.801. The molecule has 0 saturated heterocycles. The summed E-state index contributed by atoms with van der Waals surface area (Å²) in [6.45, 7) is 2.31. The zero-order valence-electron chi connectivity index (χ0n) is 16.3. The van der Waals surface area contributed by atoms with Crippen molar-refractivity contribution < 1.29 is 9.90 Å². The predicted octanol–water partition coefficient (Wildman–Crippen LogP) is 4.04. The Hall–Kier alpha value is -0.570. The van der Waals surface area contributed by atoms with E-state index in [9.17, 15) is 9.90 Å². The fraction of sp³-hybridized carbons (Fsp3) is 0.957. The minimum Gasteiger partial charge on any atom is -0.390 e. The molecule has 0 aromatic carbocycles. The van der Waals surface area contributed by atoms with Crippen molar-refractivity contribution >= 4 is 5.91 Å². The van der Waals surface area contributed by atoms with Crippen molar-refractivity contribution in [2.45, 2.75) is 95.6 Å². The van der Waals surface area contributed by atoms with Crippen LogP contribution in [0.5, 0.6) is 0 Å². The van der Waals surface area contributed by atoms with Gasteiger partial charge in [-0.1, -0.05) is 0 Å². The second-order valence-corrected chi connectivity index (χ2v) is 11.9. The summed E-state index contributed by atoms with van der Waals surface area (Å²) in [5.74, 6) is 4.26. The maximum atomic E-state index is 13.5. The van der Waals surface area contributed by atoms with Crippen LogP contribution in [0.4, 0.5) is 0 Å². The summed E-state index contributed by atoms with van der Waals surface area (Å²) in [5.41, 5.74) is -0.412. The van der Waals surface area contributed by atoms with Crippen LogP contribution in [-0.4, -0.2) is 22.7 Å². The third kappa shape index (κ3) is 2.25. The van der Waals surface area contributed by atoms with Gasteiger partial charge in [0.2, 0.25) is 5.91 Å². The maximum Gasteiger partial charge on any atom is 0.226 e. The van der Waals surface area contributed by atoms with Gasteiger partial charge in [0.25, 0.3) is 0 Å². The van der Waals surface area contributed by atoms with Crippen molar-refractivity contribution in [1.82, 2.24) is 5.32 Å². The van der Waals surface area contributed by atoms with Crippen LogP contribution in [0.25, 0.3) is 0 Å². The number of aliphatic hydroxyl groups is 1. The van der Waals surface area contributed by atoms with Crippen molar-refractivity contribution in [3.8, 4) is 0 Å². The summed E-state index contributed by atoms with van der Waals surface area (Å²) in [4.78, 5) is 13.5. The summed E-state index contributed by atoms with van der Waals surface area (Å²) >= 11 is 0. The molecule has 0 aromatic rings. The molecule has 0 spiro atoms. The fourth-order valence-electron chi connectivity index (χ4n) is 9.69. The minimum absolute atomic E-state index is 0.255. The fourth-order valence-corrected chi connectivity index (χ4v) is 9.69. The first-order valence-electron chi connectivity index (χ1n) is 11.4. The molecule has 26 heavy (non-hydrogen) atoms. The van der Waals surface area contributed by atoms with Crippen molar-refractivity contribution in [2.75, 3.05) is 0 Å². The zero-order chi connectivity index (χ0) is 17.7. The molecule has 0 aliphatic heterocycles. The normalized spacial score (nSPS) is 57.4. The molecule has 8 rings (SSSR count). The van der Waals surface area contributed by atoms with E-state index in [1.807, 2.05) is 0 Å². The molecular weight excluding hydrogens is 322 g/mol. The number of carbonyl (C=O) groups excluding carboxylic acids is 1. The van der Waals surface area contributed by atoms with Gasteiger partial charge in [0.15, 0.2) is 0 Å². The molecule has 8 aliphatic carbocycles. The first kappa shape index (κ1) is 16.4. The van der Waals surface area contributed by atoms with Crippen molar-refractivity contribution in [3.63, 3.8) is 0 Å². The largest absolute Gasteiger partial charge is 0.390 e. The van der Waals surface area contributed by atoms with E-state index in [1.54, 1.807) is 0 Å². The third-order valence-corrected chi connectivity index (χ3v) is 9.86. The van der Waals surface area contributed by atoms with E-state index in [0.717, 1.165) is 49.9 Å². The number of hydrogen-bond acceptors (Lipinski definition) is 2. The lowest BCUT2D eigenvalue weighted by molar-refractivity contribution is -0.180. The van der Waals surface area contributed by atoms with Crippen LogP contribution in [-0.2, 0) is 4.79 Å². The van der Waals surface area contributed by atoms with Crippen LogP contribution >= 0.6 is 0 Å². The Kier molecular flexibility index (Phi) is 3.20. The molecule has 2 unspecified atom stereocenters. The number of carbonyl (C=O) groups is 1. The van der Waals surface area contributed by atoms with Crippen LogP contribution in [0.2, 0.25) is 0 Å². The second-order valence-electron chi connectivity index (χ2n) is 11.9. The van der Waals surface area contributed by atoms with Gasteiger partial charge in [-0.05, 0) is 119 Å². The van der Waals surface area contributed by atoms with Crippen molar-refractivity contribution in [2.24, 2.45) is 40.4 Å². The topological polar surface area (TPSA) is 49.3 Å². The van der Waals surface area contributed by atoms with Gasteiger partial charge in [-0.15, -0.1) is 0 Å². The number of rotatable bonds is 3. The molecule has 0 heterocycles. The monoisotopic (exact) mass is 357 g/mol. The summed E-state index contributed by atoms with van der Waals surface area (Å²) in [5, 5.41) is 14.6. The molecule has 0 radical (unpaired) electrons. The summed E-state index contributed by atoms with van der Waals surface area (Å²) in [6.07, 6.45) is 14.4. The van der Waals surface area contributed by atoms with Crippen molar-refractivity contribution in [3.05, 3.63) is 0 Å². The standard InChI is InChI=1S/C23H35NO2/c1-14(21-6-15-2-16(7-21)4-17(3-15)8-21)24-20(25)22-9-18-5-19(10-22)12-23(26,11-18)13-22/h14-19,26H,2-13H2,1H3,(H,24,25)/t14-,15?,16?,17?,18-,19+,21?,22?,23?/m0/s1. The molecule has 2 N–H and O–H groups in total. The van der Waals surface area contributed by atoms with Gasteiger partial charge < -0.3 is 10.4 Å². The molecule has 8 saturated carbocycles. The maximum absolute atomic E-state index is 13.5. The highest BCUT2D eigenvalue weighted by atomic mass is 16.3. The van der Waals surface area contributed by atoms with Gasteiger partial charge in [0.1, 0.15) is 0 Å². The molecule has 8 fully saturated rings. The smallest absolute Gasteiger partial charge is 0.226 e. The Balaban J connectivity index is 1.22. The Morgan fingerprint density at radius 3 is 1.85 bits per heavy atom. The van der Waals surface area contributed by atoms with E-state index in [2.05, 4.69) is 12.2 Å².